The van der Waals surface area contributed by atoms with E-state index in [0.717, 1.165) is 55.0 Å². The lowest BCUT2D eigenvalue weighted by molar-refractivity contribution is 0.415. The molecule has 0 bridgehead atoms. The number of hydrogen-bond acceptors (Lipinski definition) is 5. The summed E-state index contributed by atoms with van der Waals surface area (Å²) in [6, 6.07) is 13.9. The van der Waals surface area contributed by atoms with Crippen LogP contribution in [0.1, 0.15) is 11.4 Å². The van der Waals surface area contributed by atoms with Crippen molar-refractivity contribution in [2.24, 2.45) is 0 Å². The van der Waals surface area contributed by atoms with Gasteiger partial charge in [0.05, 0.1) is 12.5 Å². The van der Waals surface area contributed by atoms with Crippen LogP contribution in [0.2, 0.25) is 5.02 Å². The number of rotatable bonds is 4. The highest BCUT2D eigenvalue weighted by Crippen LogP contribution is 2.38. The maximum atomic E-state index is 6.28. The topological polar surface area (TPSA) is 47.0 Å². The zero-order valence-corrected chi connectivity index (χ0v) is 16.8. The van der Waals surface area contributed by atoms with Crippen molar-refractivity contribution in [1.29, 1.82) is 0 Å². The Kier molecular flexibility index (Phi) is 4.72. The van der Waals surface area contributed by atoms with Crippen molar-refractivity contribution < 1.29 is 4.74 Å². The van der Waals surface area contributed by atoms with E-state index >= 15 is 0 Å². The molecule has 2 aromatic heterocycles. The largest absolute Gasteiger partial charge is 0.497 e. The van der Waals surface area contributed by atoms with Crippen molar-refractivity contribution in [2.45, 2.75) is 13.8 Å². The number of nitrogens with zero attached hydrogens (tertiary/aromatic N) is 2. The van der Waals surface area contributed by atoms with Crippen LogP contribution in [0.15, 0.2) is 47.8 Å². The molecule has 4 aromatic rings. The van der Waals surface area contributed by atoms with Crippen molar-refractivity contribution in [3.8, 4) is 16.9 Å². The lowest BCUT2D eigenvalue weighted by atomic mass is 10.1. The first-order valence-corrected chi connectivity index (χ1v) is 9.74. The van der Waals surface area contributed by atoms with Gasteiger partial charge in [-0.25, -0.2) is 9.97 Å². The standard InChI is InChI=1S/C21H18ClN3OS/c1-12-4-7-15(10-18(12)22)25-20-19-17(11-27-21(19)24-13(2)23-20)14-5-8-16(26-3)9-6-14/h4-11H,1-3H3,(H,23,24,25). The Labute approximate surface area is 166 Å². The summed E-state index contributed by atoms with van der Waals surface area (Å²) in [5.74, 6) is 2.34. The molecule has 136 valence electrons. The zero-order chi connectivity index (χ0) is 19.0. The van der Waals surface area contributed by atoms with E-state index < -0.39 is 0 Å². The predicted molar refractivity (Wildman–Crippen MR) is 114 cm³/mol. The quantitative estimate of drug-likeness (QED) is 0.435. The molecule has 0 spiro atoms. The Hall–Kier alpha value is -2.63. The van der Waals surface area contributed by atoms with E-state index in [1.54, 1.807) is 18.4 Å². The molecule has 0 aliphatic heterocycles. The van der Waals surface area contributed by atoms with Crippen LogP contribution in [-0.2, 0) is 0 Å². The van der Waals surface area contributed by atoms with Crippen molar-refractivity contribution >= 4 is 44.7 Å². The molecule has 0 fully saturated rings. The van der Waals surface area contributed by atoms with Crippen LogP contribution in [0.4, 0.5) is 11.5 Å². The first kappa shape index (κ1) is 17.8. The number of hydrogen-bond donors (Lipinski definition) is 1. The third kappa shape index (κ3) is 3.48. The number of anilines is 2. The molecular formula is C21H18ClN3OS. The summed E-state index contributed by atoms with van der Waals surface area (Å²) in [6.45, 7) is 3.89. The van der Waals surface area contributed by atoms with E-state index in [4.69, 9.17) is 16.3 Å². The summed E-state index contributed by atoms with van der Waals surface area (Å²) in [6.07, 6.45) is 0. The Balaban J connectivity index is 1.83. The van der Waals surface area contributed by atoms with E-state index in [-0.39, 0.29) is 0 Å². The summed E-state index contributed by atoms with van der Waals surface area (Å²) in [7, 11) is 1.67. The first-order valence-electron chi connectivity index (χ1n) is 8.48. The fourth-order valence-corrected chi connectivity index (χ4v) is 4.10. The average molecular weight is 396 g/mol. The van der Waals surface area contributed by atoms with Gasteiger partial charge in [-0.2, -0.15) is 0 Å². The molecule has 0 radical (unpaired) electrons. The van der Waals surface area contributed by atoms with Crippen LogP contribution in [0.3, 0.4) is 0 Å². The van der Waals surface area contributed by atoms with Gasteiger partial charge in [-0.15, -0.1) is 11.3 Å². The number of benzene rings is 2. The summed E-state index contributed by atoms with van der Waals surface area (Å²) >= 11 is 7.90. The van der Waals surface area contributed by atoms with Gasteiger partial charge in [0, 0.05) is 21.7 Å². The number of ether oxygens (including phenoxy) is 1. The number of halogens is 1. The molecule has 6 heteroatoms. The summed E-state index contributed by atoms with van der Waals surface area (Å²) in [5.41, 5.74) is 4.13. The third-order valence-corrected chi connectivity index (χ3v) is 5.66. The van der Waals surface area contributed by atoms with Crippen LogP contribution >= 0.6 is 22.9 Å². The highest BCUT2D eigenvalue weighted by atomic mass is 35.5. The second-order valence-corrected chi connectivity index (χ2v) is 7.53. The molecule has 0 aliphatic rings. The lowest BCUT2D eigenvalue weighted by Gasteiger charge is -2.11. The van der Waals surface area contributed by atoms with E-state index in [0.29, 0.717) is 0 Å². The SMILES string of the molecule is COc1ccc(-c2csc3nc(C)nc(Nc4ccc(C)c(Cl)c4)c23)cc1. The Morgan fingerprint density at radius 2 is 1.81 bits per heavy atom. The van der Waals surface area contributed by atoms with Gasteiger partial charge >= 0.3 is 0 Å². The maximum absolute atomic E-state index is 6.28. The summed E-state index contributed by atoms with van der Waals surface area (Å²) in [4.78, 5) is 10.2. The molecule has 0 unspecified atom stereocenters. The minimum atomic E-state index is 0.725. The summed E-state index contributed by atoms with van der Waals surface area (Å²) < 4.78 is 5.27. The second kappa shape index (κ2) is 7.18. The molecule has 2 aromatic carbocycles. The van der Waals surface area contributed by atoms with E-state index in [1.807, 2.05) is 56.3 Å². The number of thiophene rings is 1. The predicted octanol–water partition coefficient (Wildman–Crippen LogP) is 6.38. The first-order chi connectivity index (χ1) is 13.0. The molecule has 0 atom stereocenters. The average Bonchev–Trinajstić information content (AvgIpc) is 3.08. The van der Waals surface area contributed by atoms with Crippen molar-refractivity contribution in [2.75, 3.05) is 12.4 Å². The van der Waals surface area contributed by atoms with Crippen LogP contribution in [-0.4, -0.2) is 17.1 Å². The van der Waals surface area contributed by atoms with Gasteiger partial charge in [0.1, 0.15) is 22.2 Å². The fraction of sp³-hybridized carbons (Fsp3) is 0.143. The van der Waals surface area contributed by atoms with Crippen LogP contribution in [0.25, 0.3) is 21.3 Å². The maximum Gasteiger partial charge on any atom is 0.143 e. The highest BCUT2D eigenvalue weighted by molar-refractivity contribution is 7.17. The van der Waals surface area contributed by atoms with Crippen molar-refractivity contribution in [1.82, 2.24) is 9.97 Å². The van der Waals surface area contributed by atoms with Gasteiger partial charge in [0.15, 0.2) is 0 Å². The van der Waals surface area contributed by atoms with E-state index in [9.17, 15) is 0 Å². The van der Waals surface area contributed by atoms with Crippen LogP contribution in [0, 0.1) is 13.8 Å². The monoisotopic (exact) mass is 395 g/mol. The number of aryl methyl sites for hydroxylation is 2. The Morgan fingerprint density at radius 3 is 2.52 bits per heavy atom. The normalized spacial score (nSPS) is 11.0. The Bertz CT molecular complexity index is 1120. The molecule has 0 saturated heterocycles. The molecule has 0 aliphatic carbocycles. The number of methoxy groups -OCH3 is 1. The Morgan fingerprint density at radius 1 is 1.04 bits per heavy atom. The molecule has 4 rings (SSSR count). The van der Waals surface area contributed by atoms with Crippen molar-refractivity contribution in [3.63, 3.8) is 0 Å². The smallest absolute Gasteiger partial charge is 0.143 e. The fourth-order valence-electron chi connectivity index (χ4n) is 2.93. The van der Waals surface area contributed by atoms with Gasteiger partial charge in [0.25, 0.3) is 0 Å². The molecule has 0 amide bonds. The molecular weight excluding hydrogens is 378 g/mol. The van der Waals surface area contributed by atoms with Gasteiger partial charge in [-0.1, -0.05) is 29.8 Å². The second-order valence-electron chi connectivity index (χ2n) is 6.27. The highest BCUT2D eigenvalue weighted by Gasteiger charge is 2.15. The van der Waals surface area contributed by atoms with Gasteiger partial charge in [0.2, 0.25) is 0 Å². The summed E-state index contributed by atoms with van der Waals surface area (Å²) in [5, 5.41) is 7.27. The van der Waals surface area contributed by atoms with E-state index in [1.165, 1.54) is 0 Å². The van der Waals surface area contributed by atoms with Gasteiger partial charge in [-0.3, -0.25) is 0 Å². The van der Waals surface area contributed by atoms with Gasteiger partial charge in [-0.05, 0) is 49.2 Å². The molecule has 4 nitrogen and oxygen atoms in total. The number of nitrogens with one attached hydrogen (secondary N) is 1. The van der Waals surface area contributed by atoms with E-state index in [2.05, 4.69) is 20.7 Å². The lowest BCUT2D eigenvalue weighted by Crippen LogP contribution is -1.98. The minimum Gasteiger partial charge on any atom is -0.497 e. The van der Waals surface area contributed by atoms with Gasteiger partial charge < -0.3 is 10.1 Å². The van der Waals surface area contributed by atoms with Crippen LogP contribution in [0.5, 0.6) is 5.75 Å². The number of fused-ring (bicyclic) bond motifs is 1. The zero-order valence-electron chi connectivity index (χ0n) is 15.2. The minimum absolute atomic E-state index is 0.725. The third-order valence-electron chi connectivity index (χ3n) is 4.38. The molecule has 2 heterocycles. The molecule has 27 heavy (non-hydrogen) atoms. The van der Waals surface area contributed by atoms with Crippen molar-refractivity contribution in [3.05, 3.63) is 64.3 Å². The molecule has 1 N–H and O–H groups in total. The molecule has 0 saturated carbocycles. The number of aromatic nitrogens is 2. The van der Waals surface area contributed by atoms with Crippen LogP contribution < -0.4 is 10.1 Å².